The molecule has 2 heterocycles. The van der Waals surface area contributed by atoms with Crippen LogP contribution in [0.5, 0.6) is 0 Å². The highest BCUT2D eigenvalue weighted by molar-refractivity contribution is 7.99. The van der Waals surface area contributed by atoms with E-state index in [2.05, 4.69) is 10.3 Å². The Bertz CT molecular complexity index is 647. The van der Waals surface area contributed by atoms with Crippen molar-refractivity contribution in [2.45, 2.75) is 17.4 Å². The lowest BCUT2D eigenvalue weighted by molar-refractivity contribution is 0.0930. The summed E-state index contributed by atoms with van der Waals surface area (Å²) in [6.45, 7) is 0. The van der Waals surface area contributed by atoms with Gasteiger partial charge < -0.3 is 5.32 Å². The first-order valence-electron chi connectivity index (χ1n) is 6.38. The molecule has 5 heteroatoms. The SMILES string of the molecule is O=C(NC1CCSc2ccccc21)c1ccncc1F. The molecule has 2 aromatic rings. The number of aromatic nitrogens is 1. The van der Waals surface area contributed by atoms with Gasteiger partial charge in [-0.15, -0.1) is 11.8 Å². The number of amides is 1. The summed E-state index contributed by atoms with van der Waals surface area (Å²) in [6.07, 6.45) is 3.32. The summed E-state index contributed by atoms with van der Waals surface area (Å²) in [5.41, 5.74) is 1.14. The Kier molecular flexibility index (Phi) is 3.69. The molecular weight excluding hydrogens is 275 g/mol. The summed E-state index contributed by atoms with van der Waals surface area (Å²) >= 11 is 1.78. The van der Waals surface area contributed by atoms with Gasteiger partial charge in [-0.05, 0) is 24.1 Å². The second-order valence-electron chi connectivity index (χ2n) is 4.56. The van der Waals surface area contributed by atoms with Crippen LogP contribution in [0.15, 0.2) is 47.6 Å². The van der Waals surface area contributed by atoms with E-state index in [0.29, 0.717) is 0 Å². The van der Waals surface area contributed by atoms with Crippen molar-refractivity contribution in [2.24, 2.45) is 0 Å². The maximum Gasteiger partial charge on any atom is 0.254 e. The maximum absolute atomic E-state index is 13.6. The number of thioether (sulfide) groups is 1. The number of halogens is 1. The zero-order valence-electron chi connectivity index (χ0n) is 10.7. The van der Waals surface area contributed by atoms with E-state index in [9.17, 15) is 9.18 Å². The van der Waals surface area contributed by atoms with Crippen LogP contribution in [0.2, 0.25) is 0 Å². The van der Waals surface area contributed by atoms with E-state index < -0.39 is 11.7 Å². The molecule has 1 aliphatic rings. The summed E-state index contributed by atoms with van der Waals surface area (Å²) < 4.78 is 13.6. The van der Waals surface area contributed by atoms with Gasteiger partial charge in [-0.2, -0.15) is 0 Å². The van der Waals surface area contributed by atoms with E-state index in [1.54, 1.807) is 11.8 Å². The molecule has 102 valence electrons. The minimum atomic E-state index is -0.594. The van der Waals surface area contributed by atoms with Crippen LogP contribution in [0.25, 0.3) is 0 Å². The van der Waals surface area contributed by atoms with E-state index in [0.717, 1.165) is 23.9 Å². The lowest BCUT2D eigenvalue weighted by atomic mass is 10.0. The monoisotopic (exact) mass is 288 g/mol. The lowest BCUT2D eigenvalue weighted by Gasteiger charge is -2.25. The fourth-order valence-corrected chi connectivity index (χ4v) is 3.41. The number of carbonyl (C=O) groups excluding carboxylic acids is 1. The zero-order chi connectivity index (χ0) is 13.9. The number of fused-ring (bicyclic) bond motifs is 1. The van der Waals surface area contributed by atoms with E-state index in [4.69, 9.17) is 0 Å². The van der Waals surface area contributed by atoms with Gasteiger partial charge in [0, 0.05) is 16.8 Å². The van der Waals surface area contributed by atoms with Crippen LogP contribution in [-0.4, -0.2) is 16.6 Å². The Morgan fingerprint density at radius 3 is 3.05 bits per heavy atom. The van der Waals surface area contributed by atoms with Crippen molar-refractivity contribution in [3.63, 3.8) is 0 Å². The molecule has 1 amide bonds. The van der Waals surface area contributed by atoms with E-state index in [1.807, 2.05) is 24.3 Å². The Labute approximate surface area is 120 Å². The van der Waals surface area contributed by atoms with Gasteiger partial charge in [0.2, 0.25) is 0 Å². The smallest absolute Gasteiger partial charge is 0.254 e. The normalized spacial score (nSPS) is 17.4. The highest BCUT2D eigenvalue weighted by atomic mass is 32.2. The summed E-state index contributed by atoms with van der Waals surface area (Å²) in [7, 11) is 0. The predicted molar refractivity (Wildman–Crippen MR) is 76.2 cm³/mol. The Morgan fingerprint density at radius 1 is 1.35 bits per heavy atom. The van der Waals surface area contributed by atoms with Gasteiger partial charge in [-0.25, -0.2) is 4.39 Å². The number of carbonyl (C=O) groups is 1. The number of rotatable bonds is 2. The van der Waals surface area contributed by atoms with Gasteiger partial charge in [0.25, 0.3) is 5.91 Å². The van der Waals surface area contributed by atoms with Crippen molar-refractivity contribution in [3.8, 4) is 0 Å². The molecule has 0 fully saturated rings. The van der Waals surface area contributed by atoms with Crippen LogP contribution in [0.4, 0.5) is 4.39 Å². The van der Waals surface area contributed by atoms with Crippen molar-refractivity contribution in [2.75, 3.05) is 5.75 Å². The van der Waals surface area contributed by atoms with Crippen molar-refractivity contribution < 1.29 is 9.18 Å². The largest absolute Gasteiger partial charge is 0.345 e. The fraction of sp³-hybridized carbons (Fsp3) is 0.200. The average Bonchev–Trinajstić information content (AvgIpc) is 2.48. The van der Waals surface area contributed by atoms with Gasteiger partial charge in [-0.1, -0.05) is 18.2 Å². The minimum absolute atomic E-state index is 0.0377. The number of hydrogen-bond acceptors (Lipinski definition) is 3. The van der Waals surface area contributed by atoms with Crippen LogP contribution in [0, 0.1) is 5.82 Å². The third-order valence-electron chi connectivity index (χ3n) is 3.28. The molecule has 20 heavy (non-hydrogen) atoms. The van der Waals surface area contributed by atoms with Gasteiger partial charge in [0.05, 0.1) is 17.8 Å². The standard InChI is InChI=1S/C15H13FN2OS/c16-12-9-17-7-5-10(12)15(19)18-13-6-8-20-14-4-2-1-3-11(13)14/h1-5,7,9,13H,6,8H2,(H,18,19). The van der Waals surface area contributed by atoms with Crippen LogP contribution in [0.1, 0.15) is 28.4 Å². The number of nitrogens with zero attached hydrogens (tertiary/aromatic N) is 1. The third kappa shape index (κ3) is 2.54. The summed E-state index contributed by atoms with van der Waals surface area (Å²) in [4.78, 5) is 17.0. The van der Waals surface area contributed by atoms with Crippen molar-refractivity contribution in [1.82, 2.24) is 10.3 Å². The predicted octanol–water partition coefficient (Wildman–Crippen LogP) is 3.19. The first kappa shape index (κ1) is 13.1. The molecule has 1 N–H and O–H groups in total. The molecular formula is C15H13FN2OS. The highest BCUT2D eigenvalue weighted by Gasteiger charge is 2.23. The van der Waals surface area contributed by atoms with E-state index in [1.165, 1.54) is 17.2 Å². The lowest BCUT2D eigenvalue weighted by Crippen LogP contribution is -2.31. The van der Waals surface area contributed by atoms with Crippen LogP contribution in [0.3, 0.4) is 0 Å². The molecule has 0 radical (unpaired) electrons. The molecule has 0 aliphatic carbocycles. The first-order valence-corrected chi connectivity index (χ1v) is 7.36. The molecule has 1 aromatic heterocycles. The second-order valence-corrected chi connectivity index (χ2v) is 5.69. The highest BCUT2D eigenvalue weighted by Crippen LogP contribution is 2.35. The Balaban J connectivity index is 1.83. The molecule has 1 atom stereocenters. The molecule has 0 spiro atoms. The van der Waals surface area contributed by atoms with Gasteiger partial charge >= 0.3 is 0 Å². The van der Waals surface area contributed by atoms with E-state index >= 15 is 0 Å². The number of pyridine rings is 1. The van der Waals surface area contributed by atoms with Crippen molar-refractivity contribution in [3.05, 3.63) is 59.7 Å². The van der Waals surface area contributed by atoms with Crippen LogP contribution >= 0.6 is 11.8 Å². The topological polar surface area (TPSA) is 42.0 Å². The van der Waals surface area contributed by atoms with Gasteiger partial charge in [0.15, 0.2) is 5.82 Å². The molecule has 1 unspecified atom stereocenters. The average molecular weight is 288 g/mol. The number of nitrogens with one attached hydrogen (secondary N) is 1. The molecule has 0 bridgehead atoms. The summed E-state index contributed by atoms with van der Waals surface area (Å²) in [6, 6.07) is 9.33. The van der Waals surface area contributed by atoms with Gasteiger partial charge in [-0.3, -0.25) is 9.78 Å². The fourth-order valence-electron chi connectivity index (χ4n) is 2.29. The molecule has 0 saturated carbocycles. The first-order chi connectivity index (χ1) is 9.75. The molecule has 3 rings (SSSR count). The summed E-state index contributed by atoms with van der Waals surface area (Å²) in [5.74, 6) is -0.0408. The Hall–Kier alpha value is -1.88. The van der Waals surface area contributed by atoms with E-state index in [-0.39, 0.29) is 11.6 Å². The number of benzene rings is 1. The third-order valence-corrected chi connectivity index (χ3v) is 4.40. The van der Waals surface area contributed by atoms with Crippen LogP contribution < -0.4 is 5.32 Å². The minimum Gasteiger partial charge on any atom is -0.345 e. The zero-order valence-corrected chi connectivity index (χ0v) is 11.5. The van der Waals surface area contributed by atoms with Gasteiger partial charge in [0.1, 0.15) is 0 Å². The molecule has 0 saturated heterocycles. The van der Waals surface area contributed by atoms with Crippen molar-refractivity contribution in [1.29, 1.82) is 0 Å². The maximum atomic E-state index is 13.6. The van der Waals surface area contributed by atoms with Crippen molar-refractivity contribution >= 4 is 17.7 Å². The van der Waals surface area contributed by atoms with Crippen LogP contribution in [-0.2, 0) is 0 Å². The Morgan fingerprint density at radius 2 is 2.20 bits per heavy atom. The molecule has 1 aliphatic heterocycles. The summed E-state index contributed by atoms with van der Waals surface area (Å²) in [5, 5.41) is 2.91. The number of hydrogen-bond donors (Lipinski definition) is 1. The quantitative estimate of drug-likeness (QED) is 0.922. The molecule has 1 aromatic carbocycles. The second kappa shape index (κ2) is 5.63. The molecule has 3 nitrogen and oxygen atoms in total.